The van der Waals surface area contributed by atoms with Gasteiger partial charge in [-0.3, -0.25) is 4.79 Å². The van der Waals surface area contributed by atoms with E-state index in [1.165, 1.54) is 0 Å². The Labute approximate surface area is 131 Å². The number of carbonyl (C=O) groups excluding carboxylic acids is 1. The number of fused-ring (bicyclic) bond motifs is 1. The number of ketones is 1. The fourth-order valence-corrected chi connectivity index (χ4v) is 2.58. The van der Waals surface area contributed by atoms with E-state index in [2.05, 4.69) is 0 Å². The zero-order chi connectivity index (χ0) is 15.0. The van der Waals surface area contributed by atoms with Gasteiger partial charge in [-0.2, -0.15) is 0 Å². The molecule has 0 atom stereocenters. The molecule has 3 nitrogen and oxygen atoms in total. The SMILES string of the molecule is COc1ccc2c(c1)O/C(=C/c1c(Cl)cccc1Cl)C2=O. The molecule has 106 valence electrons. The van der Waals surface area contributed by atoms with Crippen LogP contribution in [0.5, 0.6) is 11.5 Å². The van der Waals surface area contributed by atoms with Crippen molar-refractivity contribution in [1.29, 1.82) is 0 Å². The Bertz CT molecular complexity index is 746. The molecule has 1 aliphatic rings. The Morgan fingerprint density at radius 1 is 1.14 bits per heavy atom. The average Bonchev–Trinajstić information content (AvgIpc) is 2.79. The summed E-state index contributed by atoms with van der Waals surface area (Å²) in [5.74, 6) is 1.07. The van der Waals surface area contributed by atoms with E-state index in [9.17, 15) is 4.79 Å². The van der Waals surface area contributed by atoms with Gasteiger partial charge in [-0.25, -0.2) is 0 Å². The number of hydrogen-bond donors (Lipinski definition) is 0. The Kier molecular flexibility index (Phi) is 3.62. The second kappa shape index (κ2) is 5.43. The van der Waals surface area contributed by atoms with E-state index in [4.69, 9.17) is 32.7 Å². The maximum atomic E-state index is 12.3. The van der Waals surface area contributed by atoms with Crippen molar-refractivity contribution >= 4 is 35.1 Å². The second-order valence-corrected chi connectivity index (χ2v) is 5.25. The molecule has 0 amide bonds. The van der Waals surface area contributed by atoms with E-state index in [1.807, 2.05) is 0 Å². The van der Waals surface area contributed by atoms with Crippen molar-refractivity contribution in [3.8, 4) is 11.5 Å². The molecule has 0 radical (unpaired) electrons. The first kappa shape index (κ1) is 14.0. The van der Waals surface area contributed by atoms with Crippen molar-refractivity contribution in [3.63, 3.8) is 0 Å². The molecule has 0 saturated carbocycles. The fourth-order valence-electron chi connectivity index (χ4n) is 2.07. The number of ether oxygens (including phenoxy) is 2. The quantitative estimate of drug-likeness (QED) is 0.757. The highest BCUT2D eigenvalue weighted by Crippen LogP contribution is 2.36. The number of rotatable bonds is 2. The van der Waals surface area contributed by atoms with E-state index in [-0.39, 0.29) is 11.5 Å². The zero-order valence-corrected chi connectivity index (χ0v) is 12.5. The van der Waals surface area contributed by atoms with Gasteiger partial charge in [0, 0.05) is 21.7 Å². The van der Waals surface area contributed by atoms with E-state index >= 15 is 0 Å². The lowest BCUT2D eigenvalue weighted by Gasteiger charge is -2.03. The lowest BCUT2D eigenvalue weighted by molar-refractivity contribution is 0.101. The van der Waals surface area contributed by atoms with E-state index < -0.39 is 0 Å². The number of carbonyl (C=O) groups is 1. The molecule has 0 fully saturated rings. The minimum Gasteiger partial charge on any atom is -0.497 e. The summed E-state index contributed by atoms with van der Waals surface area (Å²) >= 11 is 12.2. The number of hydrogen-bond acceptors (Lipinski definition) is 3. The van der Waals surface area contributed by atoms with Crippen LogP contribution in [0.2, 0.25) is 10.0 Å². The molecule has 0 aromatic heterocycles. The molecule has 1 aliphatic heterocycles. The minimum atomic E-state index is -0.205. The van der Waals surface area contributed by atoms with Crippen molar-refractivity contribution in [2.24, 2.45) is 0 Å². The van der Waals surface area contributed by atoms with E-state index in [0.717, 1.165) is 0 Å². The lowest BCUT2D eigenvalue weighted by atomic mass is 10.1. The molecule has 3 rings (SSSR count). The molecule has 0 bridgehead atoms. The van der Waals surface area contributed by atoms with E-state index in [0.29, 0.717) is 32.7 Å². The van der Waals surface area contributed by atoms with Gasteiger partial charge in [-0.15, -0.1) is 0 Å². The van der Waals surface area contributed by atoms with Crippen LogP contribution in [0.25, 0.3) is 6.08 Å². The highest BCUT2D eigenvalue weighted by molar-refractivity contribution is 6.37. The van der Waals surface area contributed by atoms with Gasteiger partial charge in [0.2, 0.25) is 5.78 Å². The van der Waals surface area contributed by atoms with Gasteiger partial charge in [0.1, 0.15) is 11.5 Å². The summed E-state index contributed by atoms with van der Waals surface area (Å²) in [4.78, 5) is 12.3. The number of Topliss-reactive ketones (excluding diaryl/α,β-unsaturated/α-hetero) is 1. The standard InChI is InChI=1S/C16H10Cl2O3/c1-20-9-5-6-10-14(7-9)21-15(16(10)19)8-11-12(17)3-2-4-13(11)18/h2-8H,1H3/b15-8+. The largest absolute Gasteiger partial charge is 0.497 e. The summed E-state index contributed by atoms with van der Waals surface area (Å²) < 4.78 is 10.7. The van der Waals surface area contributed by atoms with Crippen LogP contribution in [-0.2, 0) is 0 Å². The number of benzene rings is 2. The summed E-state index contributed by atoms with van der Waals surface area (Å²) in [6, 6.07) is 10.2. The van der Waals surface area contributed by atoms with Crippen molar-refractivity contribution < 1.29 is 14.3 Å². The Morgan fingerprint density at radius 3 is 2.52 bits per heavy atom. The molecule has 21 heavy (non-hydrogen) atoms. The van der Waals surface area contributed by atoms with Gasteiger partial charge < -0.3 is 9.47 Å². The number of methoxy groups -OCH3 is 1. The monoisotopic (exact) mass is 320 g/mol. The third kappa shape index (κ3) is 2.50. The van der Waals surface area contributed by atoms with Gasteiger partial charge >= 0.3 is 0 Å². The third-order valence-corrected chi connectivity index (χ3v) is 3.81. The van der Waals surface area contributed by atoms with Gasteiger partial charge in [0.05, 0.1) is 12.7 Å². The van der Waals surface area contributed by atoms with Crippen LogP contribution in [-0.4, -0.2) is 12.9 Å². The highest BCUT2D eigenvalue weighted by Gasteiger charge is 2.28. The molecule has 0 saturated heterocycles. The van der Waals surface area contributed by atoms with E-state index in [1.54, 1.807) is 49.6 Å². The van der Waals surface area contributed by atoms with Crippen LogP contribution >= 0.6 is 23.2 Å². The maximum Gasteiger partial charge on any atom is 0.231 e. The van der Waals surface area contributed by atoms with Crippen molar-refractivity contribution in [1.82, 2.24) is 0 Å². The molecule has 1 heterocycles. The first-order valence-electron chi connectivity index (χ1n) is 6.16. The van der Waals surface area contributed by atoms with Crippen LogP contribution in [0.3, 0.4) is 0 Å². The summed E-state index contributed by atoms with van der Waals surface area (Å²) in [6.07, 6.45) is 1.56. The molecule has 0 spiro atoms. The molecular weight excluding hydrogens is 311 g/mol. The molecule has 2 aromatic rings. The van der Waals surface area contributed by atoms with Crippen molar-refractivity contribution in [3.05, 3.63) is 63.3 Å². The van der Waals surface area contributed by atoms with Gasteiger partial charge in [0.25, 0.3) is 0 Å². The summed E-state index contributed by atoms with van der Waals surface area (Å²) in [5.41, 5.74) is 1.05. The summed E-state index contributed by atoms with van der Waals surface area (Å²) in [6.45, 7) is 0. The molecule has 0 aliphatic carbocycles. The smallest absolute Gasteiger partial charge is 0.231 e. The van der Waals surface area contributed by atoms with Crippen LogP contribution < -0.4 is 9.47 Å². The predicted molar refractivity (Wildman–Crippen MR) is 82.4 cm³/mol. The molecule has 5 heteroatoms. The van der Waals surface area contributed by atoms with Crippen LogP contribution in [0, 0.1) is 0 Å². The Balaban J connectivity index is 2.03. The second-order valence-electron chi connectivity index (χ2n) is 4.44. The average molecular weight is 321 g/mol. The highest BCUT2D eigenvalue weighted by atomic mass is 35.5. The molecule has 2 aromatic carbocycles. The van der Waals surface area contributed by atoms with Crippen LogP contribution in [0.4, 0.5) is 0 Å². The molecule has 0 N–H and O–H groups in total. The number of halogens is 2. The maximum absolute atomic E-state index is 12.3. The van der Waals surface area contributed by atoms with Crippen LogP contribution in [0.15, 0.2) is 42.2 Å². The zero-order valence-electron chi connectivity index (χ0n) is 11.0. The summed E-state index contributed by atoms with van der Waals surface area (Å²) in [7, 11) is 1.55. The summed E-state index contributed by atoms with van der Waals surface area (Å²) in [5, 5.41) is 0.917. The van der Waals surface area contributed by atoms with Crippen molar-refractivity contribution in [2.75, 3.05) is 7.11 Å². The predicted octanol–water partition coefficient (Wildman–Crippen LogP) is 4.62. The molecule has 0 unspecified atom stereocenters. The fraction of sp³-hybridized carbons (Fsp3) is 0.0625. The first-order valence-corrected chi connectivity index (χ1v) is 6.92. The minimum absolute atomic E-state index is 0.188. The molecular formula is C16H10Cl2O3. The van der Waals surface area contributed by atoms with Gasteiger partial charge in [0.15, 0.2) is 5.76 Å². The topological polar surface area (TPSA) is 35.5 Å². The first-order chi connectivity index (χ1) is 10.1. The number of allylic oxidation sites excluding steroid dienone is 1. The van der Waals surface area contributed by atoms with Crippen LogP contribution in [0.1, 0.15) is 15.9 Å². The third-order valence-electron chi connectivity index (χ3n) is 3.15. The van der Waals surface area contributed by atoms with Gasteiger partial charge in [-0.05, 0) is 30.3 Å². The Hall–Kier alpha value is -1.97. The normalized spacial score (nSPS) is 15.0. The lowest BCUT2D eigenvalue weighted by Crippen LogP contribution is -1.98. The van der Waals surface area contributed by atoms with Gasteiger partial charge in [-0.1, -0.05) is 29.3 Å². The Morgan fingerprint density at radius 2 is 1.86 bits per heavy atom. The van der Waals surface area contributed by atoms with Crippen molar-refractivity contribution in [2.45, 2.75) is 0 Å².